The molecular formula is C12H18N2O. The lowest BCUT2D eigenvalue weighted by molar-refractivity contribution is 0.122. The molecule has 3 nitrogen and oxygen atoms in total. The van der Waals surface area contributed by atoms with Gasteiger partial charge in [-0.25, -0.2) is 0 Å². The first-order valence-electron chi connectivity index (χ1n) is 5.38. The first-order chi connectivity index (χ1) is 7.18. The topological polar surface area (TPSA) is 38.5 Å². The lowest BCUT2D eigenvalue weighted by Crippen LogP contribution is -2.36. The predicted octanol–water partition coefficient (Wildman–Crippen LogP) is 1.72. The van der Waals surface area contributed by atoms with Crippen LogP contribution in [0.25, 0.3) is 0 Å². The van der Waals surface area contributed by atoms with Crippen LogP contribution in [-0.2, 0) is 4.74 Å². The van der Waals surface area contributed by atoms with E-state index in [4.69, 9.17) is 10.5 Å². The SMILES string of the molecule is Cc1cc(C)c(N2CCOCC2)cc1N. The molecule has 1 aromatic rings. The van der Waals surface area contributed by atoms with Gasteiger partial charge in [-0.05, 0) is 31.0 Å². The number of ether oxygens (including phenoxy) is 1. The van der Waals surface area contributed by atoms with E-state index in [9.17, 15) is 0 Å². The zero-order chi connectivity index (χ0) is 10.8. The van der Waals surface area contributed by atoms with Crippen molar-refractivity contribution in [2.75, 3.05) is 36.9 Å². The Hall–Kier alpha value is -1.22. The number of aryl methyl sites for hydroxylation is 2. The molecule has 2 N–H and O–H groups in total. The van der Waals surface area contributed by atoms with E-state index >= 15 is 0 Å². The fourth-order valence-corrected chi connectivity index (χ4v) is 2.00. The highest BCUT2D eigenvalue weighted by Gasteiger charge is 2.13. The number of nitrogen functional groups attached to an aromatic ring is 1. The Morgan fingerprint density at radius 2 is 1.80 bits per heavy atom. The Bertz CT molecular complexity index is 357. The van der Waals surface area contributed by atoms with Crippen molar-refractivity contribution in [3.63, 3.8) is 0 Å². The van der Waals surface area contributed by atoms with Crippen molar-refractivity contribution in [3.05, 3.63) is 23.3 Å². The number of rotatable bonds is 1. The van der Waals surface area contributed by atoms with Crippen LogP contribution in [0.5, 0.6) is 0 Å². The summed E-state index contributed by atoms with van der Waals surface area (Å²) in [4.78, 5) is 2.34. The maximum Gasteiger partial charge on any atom is 0.0642 e. The largest absolute Gasteiger partial charge is 0.398 e. The Morgan fingerprint density at radius 3 is 2.47 bits per heavy atom. The van der Waals surface area contributed by atoms with Crippen molar-refractivity contribution >= 4 is 11.4 Å². The fourth-order valence-electron chi connectivity index (χ4n) is 2.00. The van der Waals surface area contributed by atoms with Crippen LogP contribution in [0.3, 0.4) is 0 Å². The van der Waals surface area contributed by atoms with Gasteiger partial charge in [-0.2, -0.15) is 0 Å². The number of benzene rings is 1. The molecule has 1 saturated heterocycles. The quantitative estimate of drug-likeness (QED) is 0.711. The van der Waals surface area contributed by atoms with Crippen molar-refractivity contribution in [1.82, 2.24) is 0 Å². The van der Waals surface area contributed by atoms with Crippen LogP contribution in [0.15, 0.2) is 12.1 Å². The first-order valence-corrected chi connectivity index (χ1v) is 5.38. The van der Waals surface area contributed by atoms with E-state index in [0.717, 1.165) is 37.6 Å². The zero-order valence-corrected chi connectivity index (χ0v) is 9.42. The number of anilines is 2. The smallest absolute Gasteiger partial charge is 0.0642 e. The van der Waals surface area contributed by atoms with E-state index in [2.05, 4.69) is 24.0 Å². The summed E-state index contributed by atoms with van der Waals surface area (Å²) in [6.45, 7) is 7.73. The number of nitrogens with zero attached hydrogens (tertiary/aromatic N) is 1. The molecule has 2 rings (SSSR count). The first kappa shape index (κ1) is 10.3. The van der Waals surface area contributed by atoms with Crippen LogP contribution in [0, 0.1) is 13.8 Å². The molecule has 0 unspecified atom stereocenters. The molecule has 0 atom stereocenters. The van der Waals surface area contributed by atoms with Crippen LogP contribution >= 0.6 is 0 Å². The molecule has 0 bridgehead atoms. The Morgan fingerprint density at radius 1 is 1.13 bits per heavy atom. The average molecular weight is 206 g/mol. The summed E-state index contributed by atoms with van der Waals surface area (Å²) in [5.74, 6) is 0. The third-order valence-corrected chi connectivity index (χ3v) is 2.94. The molecule has 3 heteroatoms. The molecule has 0 spiro atoms. The summed E-state index contributed by atoms with van der Waals surface area (Å²) < 4.78 is 5.34. The monoisotopic (exact) mass is 206 g/mol. The summed E-state index contributed by atoms with van der Waals surface area (Å²) in [6, 6.07) is 4.23. The molecule has 1 heterocycles. The van der Waals surface area contributed by atoms with Crippen LogP contribution in [0.2, 0.25) is 0 Å². The number of hydrogen-bond acceptors (Lipinski definition) is 3. The molecular weight excluding hydrogens is 188 g/mol. The van der Waals surface area contributed by atoms with Crippen LogP contribution in [-0.4, -0.2) is 26.3 Å². The second-order valence-corrected chi connectivity index (χ2v) is 4.09. The summed E-state index contributed by atoms with van der Waals surface area (Å²) in [7, 11) is 0. The molecule has 0 aromatic heterocycles. The minimum atomic E-state index is 0.813. The highest BCUT2D eigenvalue weighted by Crippen LogP contribution is 2.26. The van der Waals surface area contributed by atoms with Crippen molar-refractivity contribution < 1.29 is 4.74 Å². The van der Waals surface area contributed by atoms with E-state index in [1.807, 2.05) is 6.92 Å². The Balaban J connectivity index is 2.30. The zero-order valence-electron chi connectivity index (χ0n) is 9.42. The van der Waals surface area contributed by atoms with Gasteiger partial charge < -0.3 is 15.4 Å². The van der Waals surface area contributed by atoms with Crippen LogP contribution in [0.4, 0.5) is 11.4 Å². The van der Waals surface area contributed by atoms with Gasteiger partial charge in [0.1, 0.15) is 0 Å². The second-order valence-electron chi connectivity index (χ2n) is 4.09. The summed E-state index contributed by atoms with van der Waals surface area (Å²) in [6.07, 6.45) is 0. The standard InChI is InChI=1S/C12H18N2O/c1-9-7-10(2)12(8-11(9)13)14-3-5-15-6-4-14/h7-8H,3-6,13H2,1-2H3. The lowest BCUT2D eigenvalue weighted by atomic mass is 10.1. The minimum absolute atomic E-state index is 0.813. The van der Waals surface area contributed by atoms with Crippen molar-refractivity contribution in [3.8, 4) is 0 Å². The normalized spacial score (nSPS) is 16.8. The number of nitrogens with two attached hydrogens (primary N) is 1. The van der Waals surface area contributed by atoms with Gasteiger partial charge in [0.25, 0.3) is 0 Å². The highest BCUT2D eigenvalue weighted by atomic mass is 16.5. The highest BCUT2D eigenvalue weighted by molar-refractivity contribution is 5.64. The van der Waals surface area contributed by atoms with Gasteiger partial charge in [0.05, 0.1) is 13.2 Å². The molecule has 1 fully saturated rings. The molecule has 15 heavy (non-hydrogen) atoms. The van der Waals surface area contributed by atoms with Gasteiger partial charge in [0.2, 0.25) is 0 Å². The summed E-state index contributed by atoms with van der Waals surface area (Å²) in [5, 5.41) is 0. The molecule has 0 radical (unpaired) electrons. The molecule has 1 aliphatic rings. The van der Waals surface area contributed by atoms with E-state index in [-0.39, 0.29) is 0 Å². The van der Waals surface area contributed by atoms with E-state index in [1.165, 1.54) is 11.3 Å². The molecule has 82 valence electrons. The van der Waals surface area contributed by atoms with Crippen LogP contribution in [0.1, 0.15) is 11.1 Å². The van der Waals surface area contributed by atoms with Crippen molar-refractivity contribution in [2.45, 2.75) is 13.8 Å². The number of hydrogen-bond donors (Lipinski definition) is 1. The van der Waals surface area contributed by atoms with Gasteiger partial charge in [-0.3, -0.25) is 0 Å². The summed E-state index contributed by atoms with van der Waals surface area (Å²) in [5.41, 5.74) is 10.5. The van der Waals surface area contributed by atoms with Gasteiger partial charge >= 0.3 is 0 Å². The maximum absolute atomic E-state index is 5.94. The third-order valence-electron chi connectivity index (χ3n) is 2.94. The molecule has 1 aliphatic heterocycles. The second kappa shape index (κ2) is 4.11. The molecule has 0 amide bonds. The maximum atomic E-state index is 5.94. The third kappa shape index (κ3) is 2.07. The molecule has 0 aliphatic carbocycles. The minimum Gasteiger partial charge on any atom is -0.398 e. The van der Waals surface area contributed by atoms with E-state index in [0.29, 0.717) is 0 Å². The van der Waals surface area contributed by atoms with Crippen molar-refractivity contribution in [2.24, 2.45) is 0 Å². The van der Waals surface area contributed by atoms with Crippen molar-refractivity contribution in [1.29, 1.82) is 0 Å². The van der Waals surface area contributed by atoms with Gasteiger partial charge in [0.15, 0.2) is 0 Å². The Kier molecular flexibility index (Phi) is 2.82. The van der Waals surface area contributed by atoms with E-state index < -0.39 is 0 Å². The lowest BCUT2D eigenvalue weighted by Gasteiger charge is -2.30. The van der Waals surface area contributed by atoms with Gasteiger partial charge in [0, 0.05) is 24.5 Å². The molecule has 1 aromatic carbocycles. The fraction of sp³-hybridized carbons (Fsp3) is 0.500. The average Bonchev–Trinajstić information content (AvgIpc) is 2.25. The molecule has 0 saturated carbocycles. The number of morpholine rings is 1. The van der Waals surface area contributed by atoms with Gasteiger partial charge in [-0.1, -0.05) is 6.07 Å². The van der Waals surface area contributed by atoms with Crippen LogP contribution < -0.4 is 10.6 Å². The van der Waals surface area contributed by atoms with Gasteiger partial charge in [-0.15, -0.1) is 0 Å². The predicted molar refractivity (Wildman–Crippen MR) is 63.4 cm³/mol. The summed E-state index contributed by atoms with van der Waals surface area (Å²) >= 11 is 0. The Labute approximate surface area is 90.8 Å². The van der Waals surface area contributed by atoms with E-state index in [1.54, 1.807) is 0 Å².